The monoisotopic (exact) mass is 495 g/mol. The van der Waals surface area contributed by atoms with Crippen LogP contribution in [0.15, 0.2) is 30.6 Å². The number of pyridine rings is 1. The molecule has 1 N–H and O–H groups in total. The van der Waals surface area contributed by atoms with Crippen molar-refractivity contribution in [3.05, 3.63) is 63.6 Å². The van der Waals surface area contributed by atoms with Crippen molar-refractivity contribution in [1.82, 2.24) is 19.6 Å². The Kier molecular flexibility index (Phi) is 7.72. The van der Waals surface area contributed by atoms with Gasteiger partial charge in [-0.05, 0) is 96.8 Å². The van der Waals surface area contributed by atoms with Gasteiger partial charge in [-0.15, -0.1) is 0 Å². The fourth-order valence-electron chi connectivity index (χ4n) is 5.65. The highest BCUT2D eigenvalue weighted by atomic mass is 35.5. The number of imidazole rings is 1. The lowest BCUT2D eigenvalue weighted by Crippen LogP contribution is -2.42. The molecule has 4 rings (SSSR count). The number of hydrogen-bond donors (Lipinski definition) is 1. The molecule has 2 aromatic heterocycles. The maximum Gasteiger partial charge on any atom is 0.251 e. The zero-order valence-corrected chi connectivity index (χ0v) is 22.6. The first-order valence-corrected chi connectivity index (χ1v) is 13.0. The fraction of sp³-hybridized carbons (Fsp3) is 0.500. The number of amides is 1. The second kappa shape index (κ2) is 10.6. The Morgan fingerprint density at radius 2 is 1.80 bits per heavy atom. The first-order valence-electron chi connectivity index (χ1n) is 12.6. The Hall–Kier alpha value is -2.57. The van der Waals surface area contributed by atoms with Crippen molar-refractivity contribution in [2.45, 2.75) is 72.0 Å². The van der Waals surface area contributed by atoms with Crippen LogP contribution in [0, 0.1) is 20.8 Å². The first-order chi connectivity index (χ1) is 16.7. The van der Waals surface area contributed by atoms with E-state index < -0.39 is 0 Å². The molecule has 1 saturated carbocycles. The van der Waals surface area contributed by atoms with Crippen LogP contribution in [0.1, 0.15) is 65.3 Å². The van der Waals surface area contributed by atoms with E-state index in [1.807, 2.05) is 19.2 Å². The molecule has 0 atom stereocenters. The van der Waals surface area contributed by atoms with E-state index in [0.29, 0.717) is 29.2 Å². The van der Waals surface area contributed by atoms with Crippen LogP contribution in [0.4, 0.5) is 5.69 Å². The second-order valence-electron chi connectivity index (χ2n) is 10.1. The molecule has 0 aliphatic heterocycles. The SMILES string of the molecule is CCN(c1cc(Cl)cc(C(=O)NCc2c(C)cc(C)n3ccnc23)c1C)C1CCC(N(C)C)CC1. The Morgan fingerprint density at radius 1 is 1.11 bits per heavy atom. The van der Waals surface area contributed by atoms with Crippen LogP contribution in [-0.2, 0) is 6.54 Å². The van der Waals surface area contributed by atoms with E-state index in [-0.39, 0.29) is 5.91 Å². The Morgan fingerprint density at radius 3 is 2.46 bits per heavy atom. The summed E-state index contributed by atoms with van der Waals surface area (Å²) in [6.45, 7) is 9.66. The maximum atomic E-state index is 13.4. The molecular weight excluding hydrogens is 458 g/mol. The van der Waals surface area contributed by atoms with Crippen molar-refractivity contribution in [2.24, 2.45) is 0 Å². The van der Waals surface area contributed by atoms with Crippen molar-refractivity contribution in [3.63, 3.8) is 0 Å². The molecule has 2 heterocycles. The summed E-state index contributed by atoms with van der Waals surface area (Å²) in [5, 5.41) is 3.73. The molecule has 1 amide bonds. The summed E-state index contributed by atoms with van der Waals surface area (Å²) in [7, 11) is 4.34. The summed E-state index contributed by atoms with van der Waals surface area (Å²) in [6.07, 6.45) is 8.44. The van der Waals surface area contributed by atoms with Crippen LogP contribution >= 0.6 is 11.6 Å². The van der Waals surface area contributed by atoms with Gasteiger partial charge in [-0.2, -0.15) is 0 Å². The van der Waals surface area contributed by atoms with E-state index in [2.05, 4.69) is 65.4 Å². The van der Waals surface area contributed by atoms with Crippen molar-refractivity contribution in [2.75, 3.05) is 25.5 Å². The van der Waals surface area contributed by atoms with E-state index in [9.17, 15) is 4.79 Å². The van der Waals surface area contributed by atoms with Gasteiger partial charge in [0.25, 0.3) is 5.91 Å². The maximum absolute atomic E-state index is 13.4. The highest BCUT2D eigenvalue weighted by Crippen LogP contribution is 2.34. The van der Waals surface area contributed by atoms with Crippen molar-refractivity contribution in [1.29, 1.82) is 0 Å². The second-order valence-corrected chi connectivity index (χ2v) is 10.5. The quantitative estimate of drug-likeness (QED) is 0.467. The standard InChI is InChI=1S/C28H38ClN5O/c1-7-33(23-10-8-22(9-11-23)32(5)6)26-16-21(29)15-24(20(26)4)28(35)31-17-25-18(2)14-19(3)34-13-12-30-27(25)34/h12-16,22-23H,7-11,17H2,1-6H3,(H,31,35). The summed E-state index contributed by atoms with van der Waals surface area (Å²) in [5.74, 6) is -0.108. The number of aryl methyl sites for hydroxylation is 2. The molecule has 3 aromatic rings. The molecular formula is C28H38ClN5O. The number of fused-ring (bicyclic) bond motifs is 1. The molecule has 1 aliphatic carbocycles. The van der Waals surface area contributed by atoms with Crippen molar-refractivity contribution in [3.8, 4) is 0 Å². The first kappa shape index (κ1) is 25.5. The lowest BCUT2D eigenvalue weighted by molar-refractivity contribution is 0.0950. The molecule has 0 saturated heterocycles. The highest BCUT2D eigenvalue weighted by Gasteiger charge is 2.28. The van der Waals surface area contributed by atoms with Gasteiger partial charge < -0.3 is 19.5 Å². The number of nitrogens with one attached hydrogen (secondary N) is 1. The molecule has 0 unspecified atom stereocenters. The predicted molar refractivity (Wildman–Crippen MR) is 145 cm³/mol. The number of nitrogens with zero attached hydrogens (tertiary/aromatic N) is 4. The molecule has 0 spiro atoms. The van der Waals surface area contributed by atoms with Gasteiger partial charge in [-0.1, -0.05) is 11.6 Å². The third-order valence-electron chi connectivity index (χ3n) is 7.69. The van der Waals surface area contributed by atoms with Crippen LogP contribution in [0.2, 0.25) is 5.02 Å². The number of hydrogen-bond acceptors (Lipinski definition) is 4. The van der Waals surface area contributed by atoms with E-state index in [1.165, 1.54) is 12.8 Å². The highest BCUT2D eigenvalue weighted by molar-refractivity contribution is 6.31. The summed E-state index contributed by atoms with van der Waals surface area (Å²) in [5.41, 5.74) is 6.85. The van der Waals surface area contributed by atoms with Crippen LogP contribution in [0.25, 0.3) is 5.65 Å². The average molecular weight is 496 g/mol. The summed E-state index contributed by atoms with van der Waals surface area (Å²) in [6, 6.07) is 7.06. The largest absolute Gasteiger partial charge is 0.369 e. The van der Waals surface area contributed by atoms with E-state index >= 15 is 0 Å². The molecule has 188 valence electrons. The minimum absolute atomic E-state index is 0.108. The van der Waals surface area contributed by atoms with Crippen LogP contribution in [0.5, 0.6) is 0 Å². The molecule has 1 aliphatic rings. The lowest BCUT2D eigenvalue weighted by atomic mass is 9.89. The summed E-state index contributed by atoms with van der Waals surface area (Å²) < 4.78 is 2.06. The fourth-order valence-corrected chi connectivity index (χ4v) is 5.86. The third kappa shape index (κ3) is 5.19. The topological polar surface area (TPSA) is 52.9 Å². The smallest absolute Gasteiger partial charge is 0.251 e. The van der Waals surface area contributed by atoms with Crippen LogP contribution in [-0.4, -0.2) is 52.9 Å². The van der Waals surface area contributed by atoms with Crippen molar-refractivity contribution >= 4 is 28.8 Å². The Labute approximate surface area is 214 Å². The van der Waals surface area contributed by atoms with Gasteiger partial charge in [0, 0.05) is 65.1 Å². The number of carbonyl (C=O) groups is 1. The van der Waals surface area contributed by atoms with Crippen molar-refractivity contribution < 1.29 is 4.79 Å². The molecule has 6 nitrogen and oxygen atoms in total. The molecule has 35 heavy (non-hydrogen) atoms. The number of halogens is 1. The van der Waals surface area contributed by atoms with Gasteiger partial charge in [-0.25, -0.2) is 4.98 Å². The minimum Gasteiger partial charge on any atom is -0.369 e. The normalized spacial score (nSPS) is 18.3. The van der Waals surface area contributed by atoms with E-state index in [0.717, 1.165) is 53.1 Å². The summed E-state index contributed by atoms with van der Waals surface area (Å²) >= 11 is 6.57. The number of anilines is 1. The lowest BCUT2D eigenvalue weighted by Gasteiger charge is -2.40. The van der Waals surface area contributed by atoms with E-state index in [4.69, 9.17) is 11.6 Å². The van der Waals surface area contributed by atoms with Gasteiger partial charge >= 0.3 is 0 Å². The molecule has 0 radical (unpaired) electrons. The molecule has 1 fully saturated rings. The zero-order valence-electron chi connectivity index (χ0n) is 21.9. The number of aromatic nitrogens is 2. The molecule has 1 aromatic carbocycles. The average Bonchev–Trinajstić information content (AvgIpc) is 3.32. The molecule has 7 heteroatoms. The van der Waals surface area contributed by atoms with Gasteiger partial charge in [0.05, 0.1) is 0 Å². The van der Waals surface area contributed by atoms with E-state index in [1.54, 1.807) is 12.3 Å². The van der Waals surface area contributed by atoms with Gasteiger partial charge in [0.1, 0.15) is 5.65 Å². The Bertz CT molecular complexity index is 1210. The predicted octanol–water partition coefficient (Wildman–Crippen LogP) is 5.54. The number of benzene rings is 1. The Balaban J connectivity index is 1.56. The minimum atomic E-state index is -0.108. The molecule has 0 bridgehead atoms. The van der Waals surface area contributed by atoms with Crippen LogP contribution < -0.4 is 10.2 Å². The third-order valence-corrected chi connectivity index (χ3v) is 7.91. The van der Waals surface area contributed by atoms with Gasteiger partial charge in [0.15, 0.2) is 0 Å². The van der Waals surface area contributed by atoms with Gasteiger partial charge in [-0.3, -0.25) is 4.79 Å². The summed E-state index contributed by atoms with van der Waals surface area (Å²) in [4.78, 5) is 22.7. The van der Waals surface area contributed by atoms with Crippen LogP contribution in [0.3, 0.4) is 0 Å². The number of carbonyl (C=O) groups excluding carboxylic acids is 1. The zero-order chi connectivity index (χ0) is 25.3. The number of rotatable bonds is 7. The van der Waals surface area contributed by atoms with Gasteiger partial charge in [0.2, 0.25) is 0 Å².